The van der Waals surface area contributed by atoms with Crippen molar-refractivity contribution in [1.82, 2.24) is 5.43 Å². The van der Waals surface area contributed by atoms with Crippen LogP contribution >= 0.6 is 22.6 Å². The van der Waals surface area contributed by atoms with Gasteiger partial charge >= 0.3 is 5.97 Å². The first-order chi connectivity index (χ1) is 13.4. The van der Waals surface area contributed by atoms with Gasteiger partial charge in [-0.2, -0.15) is 5.10 Å². The second-order valence-corrected chi connectivity index (χ2v) is 6.57. The van der Waals surface area contributed by atoms with Crippen molar-refractivity contribution in [3.05, 3.63) is 67.3 Å². The van der Waals surface area contributed by atoms with Crippen molar-refractivity contribution >= 4 is 46.4 Å². The van der Waals surface area contributed by atoms with Crippen LogP contribution in [-0.4, -0.2) is 36.7 Å². The normalized spacial score (nSPS) is 10.5. The zero-order valence-electron chi connectivity index (χ0n) is 14.8. The van der Waals surface area contributed by atoms with Crippen LogP contribution in [0.2, 0.25) is 0 Å². The SMILES string of the molecule is COC(=O)COc1ccc(/C=N/NC(=O)Cc2ccccc2[N+](=O)[O-])cc1I. The Balaban J connectivity index is 1.94. The lowest BCUT2D eigenvalue weighted by molar-refractivity contribution is -0.385. The minimum atomic E-state index is -0.530. The molecule has 0 aliphatic rings. The topological polar surface area (TPSA) is 120 Å². The first kappa shape index (κ1) is 21.3. The number of carbonyl (C=O) groups is 2. The number of nitrogens with one attached hydrogen (secondary N) is 1. The standard InChI is InChI=1S/C18H16IN3O6/c1-27-18(24)11-28-16-7-6-12(8-14(16)19)10-20-21-17(23)9-13-4-2-3-5-15(13)22(25)26/h2-8,10H,9,11H2,1H3,(H,21,23)/b20-10+. The molecule has 0 spiro atoms. The summed E-state index contributed by atoms with van der Waals surface area (Å²) in [6, 6.07) is 11.2. The molecule has 2 rings (SSSR count). The Bertz CT molecular complexity index is 916. The molecule has 0 saturated carbocycles. The molecule has 0 aromatic heterocycles. The summed E-state index contributed by atoms with van der Waals surface area (Å²) in [5.74, 6) is -0.440. The Labute approximate surface area is 174 Å². The Kier molecular flexibility index (Phi) is 7.87. The summed E-state index contributed by atoms with van der Waals surface area (Å²) < 4.78 is 10.6. The van der Waals surface area contributed by atoms with Crippen molar-refractivity contribution in [3.8, 4) is 5.75 Å². The van der Waals surface area contributed by atoms with Crippen LogP contribution in [0.1, 0.15) is 11.1 Å². The third kappa shape index (κ3) is 6.30. The zero-order chi connectivity index (χ0) is 20.5. The predicted octanol–water partition coefficient (Wildman–Crippen LogP) is 2.44. The lowest BCUT2D eigenvalue weighted by atomic mass is 10.1. The molecular weight excluding hydrogens is 481 g/mol. The molecule has 146 valence electrons. The highest BCUT2D eigenvalue weighted by molar-refractivity contribution is 14.1. The molecule has 28 heavy (non-hydrogen) atoms. The fraction of sp³-hybridized carbons (Fsp3) is 0.167. The van der Waals surface area contributed by atoms with E-state index in [4.69, 9.17) is 4.74 Å². The summed E-state index contributed by atoms with van der Waals surface area (Å²) in [5.41, 5.74) is 3.23. The van der Waals surface area contributed by atoms with Crippen LogP contribution < -0.4 is 10.2 Å². The number of ether oxygens (including phenoxy) is 2. The van der Waals surface area contributed by atoms with Gasteiger partial charge in [-0.25, -0.2) is 10.2 Å². The summed E-state index contributed by atoms with van der Waals surface area (Å²) in [7, 11) is 1.28. The second kappa shape index (κ2) is 10.3. The van der Waals surface area contributed by atoms with Crippen LogP contribution in [0.25, 0.3) is 0 Å². The Hall–Kier alpha value is -3.02. The van der Waals surface area contributed by atoms with Crippen LogP contribution in [0.15, 0.2) is 47.6 Å². The van der Waals surface area contributed by atoms with E-state index < -0.39 is 16.8 Å². The van der Waals surface area contributed by atoms with E-state index in [1.807, 2.05) is 22.6 Å². The number of nitro groups is 1. The van der Waals surface area contributed by atoms with Crippen molar-refractivity contribution in [2.75, 3.05) is 13.7 Å². The van der Waals surface area contributed by atoms with Gasteiger partial charge in [0.2, 0.25) is 5.91 Å². The lowest BCUT2D eigenvalue weighted by Gasteiger charge is -2.07. The van der Waals surface area contributed by atoms with E-state index in [-0.39, 0.29) is 18.7 Å². The number of hydrazone groups is 1. The Morgan fingerprint density at radius 3 is 2.71 bits per heavy atom. The maximum atomic E-state index is 12.0. The molecule has 0 fully saturated rings. The summed E-state index contributed by atoms with van der Waals surface area (Å²) >= 11 is 2.04. The van der Waals surface area contributed by atoms with E-state index in [0.717, 1.165) is 3.57 Å². The number of amides is 1. The van der Waals surface area contributed by atoms with E-state index >= 15 is 0 Å². The van der Waals surface area contributed by atoms with E-state index in [9.17, 15) is 19.7 Å². The van der Waals surface area contributed by atoms with Gasteiger partial charge in [-0.15, -0.1) is 0 Å². The van der Waals surface area contributed by atoms with Gasteiger partial charge in [0.1, 0.15) is 5.75 Å². The van der Waals surface area contributed by atoms with Gasteiger partial charge in [-0.1, -0.05) is 18.2 Å². The molecule has 0 unspecified atom stereocenters. The van der Waals surface area contributed by atoms with E-state index in [2.05, 4.69) is 15.3 Å². The molecule has 10 heteroatoms. The molecule has 0 bridgehead atoms. The number of rotatable bonds is 8. The number of hydrogen-bond acceptors (Lipinski definition) is 7. The summed E-state index contributed by atoms with van der Waals surface area (Å²) in [4.78, 5) is 33.5. The average molecular weight is 497 g/mol. The van der Waals surface area contributed by atoms with Crippen molar-refractivity contribution in [2.24, 2.45) is 5.10 Å². The monoisotopic (exact) mass is 497 g/mol. The average Bonchev–Trinajstić information content (AvgIpc) is 2.67. The molecule has 0 radical (unpaired) electrons. The van der Waals surface area contributed by atoms with Gasteiger partial charge in [-0.05, 0) is 46.4 Å². The first-order valence-electron chi connectivity index (χ1n) is 7.94. The number of nitrogens with zero attached hydrogens (tertiary/aromatic N) is 2. The van der Waals surface area contributed by atoms with E-state index in [0.29, 0.717) is 16.9 Å². The maximum absolute atomic E-state index is 12.0. The first-order valence-corrected chi connectivity index (χ1v) is 9.02. The number of carbonyl (C=O) groups excluding carboxylic acids is 2. The molecule has 2 aromatic carbocycles. The highest BCUT2D eigenvalue weighted by Crippen LogP contribution is 2.21. The summed E-state index contributed by atoms with van der Waals surface area (Å²) in [5, 5.41) is 14.8. The maximum Gasteiger partial charge on any atom is 0.343 e. The Morgan fingerprint density at radius 1 is 1.29 bits per heavy atom. The number of hydrogen-bond donors (Lipinski definition) is 1. The van der Waals surface area contributed by atoms with Crippen LogP contribution in [0.3, 0.4) is 0 Å². The fourth-order valence-corrected chi connectivity index (χ4v) is 2.83. The van der Waals surface area contributed by atoms with Crippen molar-refractivity contribution < 1.29 is 24.0 Å². The minimum Gasteiger partial charge on any atom is -0.481 e. The van der Waals surface area contributed by atoms with Crippen molar-refractivity contribution in [1.29, 1.82) is 0 Å². The highest BCUT2D eigenvalue weighted by atomic mass is 127. The van der Waals surface area contributed by atoms with Crippen molar-refractivity contribution in [2.45, 2.75) is 6.42 Å². The Morgan fingerprint density at radius 2 is 2.04 bits per heavy atom. The molecule has 2 aromatic rings. The molecule has 0 heterocycles. The van der Waals surface area contributed by atoms with Gasteiger partial charge in [-0.3, -0.25) is 14.9 Å². The van der Waals surface area contributed by atoms with Crippen LogP contribution in [0.5, 0.6) is 5.75 Å². The van der Waals surface area contributed by atoms with Gasteiger partial charge in [0.25, 0.3) is 5.69 Å². The number of benzene rings is 2. The molecule has 0 atom stereocenters. The molecule has 0 saturated heterocycles. The molecule has 1 N–H and O–H groups in total. The predicted molar refractivity (Wildman–Crippen MR) is 109 cm³/mol. The van der Waals surface area contributed by atoms with Crippen LogP contribution in [0.4, 0.5) is 5.69 Å². The van der Waals surface area contributed by atoms with E-state index in [1.54, 1.807) is 24.3 Å². The molecule has 1 amide bonds. The molecule has 0 aliphatic heterocycles. The summed E-state index contributed by atoms with van der Waals surface area (Å²) in [6.45, 7) is -0.193. The minimum absolute atomic E-state index is 0.112. The number of esters is 1. The van der Waals surface area contributed by atoms with Crippen molar-refractivity contribution in [3.63, 3.8) is 0 Å². The number of halogens is 1. The number of nitro benzene ring substituents is 1. The van der Waals surface area contributed by atoms with Crippen LogP contribution in [0, 0.1) is 13.7 Å². The third-order valence-electron chi connectivity index (χ3n) is 3.47. The zero-order valence-corrected chi connectivity index (χ0v) is 16.9. The van der Waals surface area contributed by atoms with Gasteiger partial charge in [0.05, 0.1) is 28.2 Å². The largest absolute Gasteiger partial charge is 0.481 e. The summed E-state index contributed by atoms with van der Waals surface area (Å²) in [6.07, 6.45) is 1.27. The number of methoxy groups -OCH3 is 1. The van der Waals surface area contributed by atoms with Gasteiger partial charge in [0, 0.05) is 11.6 Å². The lowest BCUT2D eigenvalue weighted by Crippen LogP contribution is -2.20. The molecule has 0 aliphatic carbocycles. The molecule has 9 nitrogen and oxygen atoms in total. The quantitative estimate of drug-likeness (QED) is 0.197. The fourth-order valence-electron chi connectivity index (χ4n) is 2.14. The second-order valence-electron chi connectivity index (χ2n) is 5.41. The third-order valence-corrected chi connectivity index (χ3v) is 4.31. The van der Waals surface area contributed by atoms with Gasteiger partial charge < -0.3 is 9.47 Å². The highest BCUT2D eigenvalue weighted by Gasteiger charge is 2.15. The molecular formula is C18H16IN3O6. The number of para-hydroxylation sites is 1. The van der Waals surface area contributed by atoms with Crippen LogP contribution in [-0.2, 0) is 20.7 Å². The smallest absolute Gasteiger partial charge is 0.343 e. The van der Waals surface area contributed by atoms with E-state index in [1.165, 1.54) is 31.5 Å². The van der Waals surface area contributed by atoms with Gasteiger partial charge in [0.15, 0.2) is 6.61 Å².